The van der Waals surface area contributed by atoms with E-state index in [1.807, 2.05) is 0 Å². The number of hydrogen-bond donors (Lipinski definition) is 0. The maximum absolute atomic E-state index is 13.4. The lowest BCUT2D eigenvalue weighted by atomic mass is 9.34. The summed E-state index contributed by atoms with van der Waals surface area (Å²) in [5.74, 6) is 3.42. The Kier molecular flexibility index (Phi) is 6.58. The Hall–Kier alpha value is -1.30. The van der Waals surface area contributed by atoms with Crippen LogP contribution in [-0.2, 0) is 9.53 Å². The lowest BCUT2D eigenvalue weighted by molar-refractivity contribution is -0.222. The van der Waals surface area contributed by atoms with Crippen LogP contribution in [0.15, 0.2) is 12.2 Å². The molecule has 4 aliphatic rings. The molecule has 0 amide bonds. The molecule has 0 radical (unpaired) electrons. The van der Waals surface area contributed by atoms with Crippen molar-refractivity contribution in [2.75, 3.05) is 7.11 Å². The smallest absolute Gasteiger partial charge is 0.312 e. The predicted molar refractivity (Wildman–Crippen MR) is 138 cm³/mol. The Morgan fingerprint density at radius 1 is 1.06 bits per heavy atom. The molecular formula is C31H49NO2. The maximum Gasteiger partial charge on any atom is 0.312 e. The van der Waals surface area contributed by atoms with E-state index in [1.54, 1.807) is 7.11 Å². The molecule has 4 saturated carbocycles. The van der Waals surface area contributed by atoms with Crippen molar-refractivity contribution in [3.8, 4) is 6.07 Å². The average Bonchev–Trinajstić information content (AvgIpc) is 3.19. The third-order valence-corrected chi connectivity index (χ3v) is 12.6. The van der Waals surface area contributed by atoms with Crippen molar-refractivity contribution in [1.29, 1.82) is 5.26 Å². The van der Waals surface area contributed by atoms with Crippen molar-refractivity contribution in [3.05, 3.63) is 12.2 Å². The van der Waals surface area contributed by atoms with Crippen LogP contribution < -0.4 is 0 Å². The molecule has 9 atom stereocenters. The molecule has 0 N–H and O–H groups in total. The van der Waals surface area contributed by atoms with Gasteiger partial charge in [-0.25, -0.2) is 0 Å². The van der Waals surface area contributed by atoms with E-state index in [4.69, 9.17) is 4.74 Å². The molecule has 4 rings (SSSR count). The van der Waals surface area contributed by atoms with Crippen molar-refractivity contribution >= 4 is 5.97 Å². The number of fused-ring (bicyclic) bond motifs is 5. The van der Waals surface area contributed by atoms with Gasteiger partial charge in [0.1, 0.15) is 0 Å². The van der Waals surface area contributed by atoms with Gasteiger partial charge in [0.05, 0.1) is 18.6 Å². The highest BCUT2D eigenvalue weighted by atomic mass is 16.5. The van der Waals surface area contributed by atoms with Gasteiger partial charge in [-0.2, -0.15) is 5.26 Å². The molecule has 0 heterocycles. The Morgan fingerprint density at radius 3 is 2.35 bits per heavy atom. The maximum atomic E-state index is 13.4. The van der Waals surface area contributed by atoms with Crippen LogP contribution in [0.4, 0.5) is 0 Å². The number of hydrogen-bond acceptors (Lipinski definition) is 3. The minimum atomic E-state index is -0.268. The predicted octanol–water partition coefficient (Wildman–Crippen LogP) is 7.96. The highest BCUT2D eigenvalue weighted by Gasteiger charge is 2.70. The van der Waals surface area contributed by atoms with E-state index in [-0.39, 0.29) is 27.6 Å². The van der Waals surface area contributed by atoms with E-state index >= 15 is 0 Å². The van der Waals surface area contributed by atoms with Crippen molar-refractivity contribution in [2.45, 2.75) is 106 Å². The average molecular weight is 468 g/mol. The number of ether oxygens (including phenoxy) is 1. The minimum Gasteiger partial charge on any atom is -0.469 e. The van der Waals surface area contributed by atoms with Crippen LogP contribution in [0, 0.1) is 68.5 Å². The van der Waals surface area contributed by atoms with Gasteiger partial charge in [-0.3, -0.25) is 4.79 Å². The summed E-state index contributed by atoms with van der Waals surface area (Å²) in [6.07, 6.45) is 10.8. The number of rotatable bonds is 5. The Bertz CT molecular complexity index is 871. The summed E-state index contributed by atoms with van der Waals surface area (Å²) in [7, 11) is 1.60. The van der Waals surface area contributed by atoms with Crippen molar-refractivity contribution < 1.29 is 9.53 Å². The van der Waals surface area contributed by atoms with Crippen molar-refractivity contribution in [2.24, 2.45) is 57.2 Å². The monoisotopic (exact) mass is 467 g/mol. The molecule has 4 aliphatic carbocycles. The number of carbonyl (C=O) groups excluding carboxylic acids is 1. The molecule has 0 aliphatic heterocycles. The Morgan fingerprint density at radius 2 is 1.76 bits per heavy atom. The van der Waals surface area contributed by atoms with Gasteiger partial charge in [0.2, 0.25) is 0 Å². The van der Waals surface area contributed by atoms with E-state index in [0.717, 1.165) is 25.7 Å². The highest BCUT2D eigenvalue weighted by Crippen LogP contribution is 2.76. The van der Waals surface area contributed by atoms with Gasteiger partial charge in [-0.1, -0.05) is 46.8 Å². The first-order valence-electron chi connectivity index (χ1n) is 14.0. The van der Waals surface area contributed by atoms with E-state index in [2.05, 4.69) is 54.2 Å². The van der Waals surface area contributed by atoms with Crippen LogP contribution >= 0.6 is 0 Å². The summed E-state index contributed by atoms with van der Waals surface area (Å²) in [4.78, 5) is 13.4. The summed E-state index contributed by atoms with van der Waals surface area (Å²) in [5.41, 5.74) is 1.63. The fourth-order valence-corrected chi connectivity index (χ4v) is 10.8. The number of carbonyl (C=O) groups is 1. The minimum absolute atomic E-state index is 0.0693. The summed E-state index contributed by atoms with van der Waals surface area (Å²) < 4.78 is 5.51. The van der Waals surface area contributed by atoms with Crippen LogP contribution in [0.3, 0.4) is 0 Å². The lowest BCUT2D eigenvalue weighted by Gasteiger charge is -2.70. The molecule has 0 aromatic carbocycles. The zero-order valence-corrected chi connectivity index (χ0v) is 23.0. The van der Waals surface area contributed by atoms with Crippen LogP contribution in [0.1, 0.15) is 106 Å². The number of nitrogens with zero attached hydrogens (tertiary/aromatic N) is 1. The second kappa shape index (κ2) is 8.67. The highest BCUT2D eigenvalue weighted by molar-refractivity contribution is 5.78. The Balaban J connectivity index is 1.78. The van der Waals surface area contributed by atoms with Gasteiger partial charge in [-0.05, 0) is 116 Å². The van der Waals surface area contributed by atoms with E-state index in [9.17, 15) is 10.1 Å². The summed E-state index contributed by atoms with van der Waals surface area (Å²) in [5, 5.41) is 9.51. The summed E-state index contributed by atoms with van der Waals surface area (Å²) in [6.45, 7) is 19.1. The molecular weight excluding hydrogens is 418 g/mol. The quantitative estimate of drug-likeness (QED) is 0.304. The van der Waals surface area contributed by atoms with Gasteiger partial charge in [0.25, 0.3) is 0 Å². The van der Waals surface area contributed by atoms with E-state index < -0.39 is 0 Å². The zero-order valence-electron chi connectivity index (χ0n) is 23.0. The molecule has 3 heteroatoms. The topological polar surface area (TPSA) is 50.1 Å². The van der Waals surface area contributed by atoms with E-state index in [0.29, 0.717) is 41.9 Å². The molecule has 0 saturated heterocycles. The molecule has 8 unspecified atom stereocenters. The summed E-state index contributed by atoms with van der Waals surface area (Å²) in [6, 6.07) is 2.46. The first-order chi connectivity index (χ1) is 15.9. The Labute approximate surface area is 209 Å². The third kappa shape index (κ3) is 3.29. The van der Waals surface area contributed by atoms with E-state index in [1.165, 1.54) is 37.7 Å². The van der Waals surface area contributed by atoms with Gasteiger partial charge in [-0.15, -0.1) is 0 Å². The largest absolute Gasteiger partial charge is 0.469 e. The number of methoxy groups -OCH3 is 1. The third-order valence-electron chi connectivity index (χ3n) is 12.6. The standard InChI is InChI=1S/C31H49NO2/c1-20(2)22-12-16-31(27(33)34-8)18-17-29(6)24(26(22)31)10-11-25-28(5,14-9-19-32)23(21(3)4)13-15-30(25,29)7/h20,22-26H,3,9-18H2,1-2,4-8H3/t22?,23?,24?,25?,26?,28?,29-,30?,31?/m1/s1. The normalized spacial score (nSPS) is 47.8. The fraction of sp³-hybridized carbons (Fsp3) is 0.871. The van der Waals surface area contributed by atoms with Crippen LogP contribution in [-0.4, -0.2) is 13.1 Å². The van der Waals surface area contributed by atoms with Crippen molar-refractivity contribution in [3.63, 3.8) is 0 Å². The molecule has 0 bridgehead atoms. The first kappa shape index (κ1) is 25.8. The number of allylic oxidation sites excluding steroid dienone is 1. The van der Waals surface area contributed by atoms with Gasteiger partial charge in [0.15, 0.2) is 0 Å². The van der Waals surface area contributed by atoms with Crippen LogP contribution in [0.5, 0.6) is 0 Å². The van der Waals surface area contributed by atoms with Crippen LogP contribution in [0.2, 0.25) is 0 Å². The lowest BCUT2D eigenvalue weighted by Crippen LogP contribution is -2.64. The molecule has 0 spiro atoms. The van der Waals surface area contributed by atoms with Gasteiger partial charge >= 0.3 is 5.97 Å². The molecule has 4 fully saturated rings. The second-order valence-electron chi connectivity index (χ2n) is 13.8. The SMILES string of the molecule is C=C(C)C1CCC2(C)C(CCC3C4C(C(C)C)CCC4(C(=O)OC)CC[C@]32C)C1(C)CCC#N. The molecule has 0 aromatic heterocycles. The molecule has 3 nitrogen and oxygen atoms in total. The van der Waals surface area contributed by atoms with Gasteiger partial charge in [0, 0.05) is 6.42 Å². The first-order valence-corrected chi connectivity index (χ1v) is 14.0. The summed E-state index contributed by atoms with van der Waals surface area (Å²) >= 11 is 0. The van der Waals surface area contributed by atoms with Gasteiger partial charge < -0.3 is 4.74 Å². The molecule has 34 heavy (non-hydrogen) atoms. The fourth-order valence-electron chi connectivity index (χ4n) is 10.8. The second-order valence-corrected chi connectivity index (χ2v) is 13.8. The number of esters is 1. The van der Waals surface area contributed by atoms with Crippen LogP contribution in [0.25, 0.3) is 0 Å². The molecule has 190 valence electrons. The molecule has 0 aromatic rings. The van der Waals surface area contributed by atoms with Crippen molar-refractivity contribution in [1.82, 2.24) is 0 Å². The number of nitriles is 1. The zero-order chi connectivity index (χ0) is 25.1.